The molecule has 0 aromatic carbocycles. The number of thioether (sulfide) groups is 1. The number of nitrogens with zero attached hydrogens (tertiary/aromatic N) is 3. The lowest BCUT2D eigenvalue weighted by Gasteiger charge is -2.06. The number of aromatic nitrogens is 3. The lowest BCUT2D eigenvalue weighted by atomic mass is 10.4. The number of nitrogens with two attached hydrogens (primary N) is 1. The highest BCUT2D eigenvalue weighted by Crippen LogP contribution is 2.20. The fraction of sp³-hybridized carbons (Fsp3) is 0.556. The second kappa shape index (κ2) is 6.15. The molecule has 6 heteroatoms. The van der Waals surface area contributed by atoms with Gasteiger partial charge in [-0.15, -0.1) is 10.2 Å². The molecule has 15 heavy (non-hydrogen) atoms. The summed E-state index contributed by atoms with van der Waals surface area (Å²) in [7, 11) is 0. The van der Waals surface area contributed by atoms with Crippen LogP contribution in [0.2, 0.25) is 0 Å². The topological polar surface area (TPSA) is 56.7 Å². The van der Waals surface area contributed by atoms with Crippen LogP contribution in [-0.4, -0.2) is 20.5 Å². The van der Waals surface area contributed by atoms with Crippen molar-refractivity contribution in [1.82, 2.24) is 14.8 Å². The first-order valence-corrected chi connectivity index (χ1v) is 6.13. The van der Waals surface area contributed by atoms with Crippen molar-refractivity contribution in [3.8, 4) is 0 Å². The molecule has 0 fully saturated rings. The van der Waals surface area contributed by atoms with Crippen LogP contribution in [0.3, 0.4) is 0 Å². The zero-order valence-electron chi connectivity index (χ0n) is 8.74. The van der Waals surface area contributed by atoms with Gasteiger partial charge in [0.25, 0.3) is 0 Å². The van der Waals surface area contributed by atoms with Gasteiger partial charge in [-0.05, 0) is 6.42 Å². The molecule has 4 nitrogen and oxygen atoms in total. The van der Waals surface area contributed by atoms with Crippen LogP contribution in [0.25, 0.3) is 0 Å². The van der Waals surface area contributed by atoms with Gasteiger partial charge in [-0.3, -0.25) is 0 Å². The molecule has 0 saturated heterocycles. The van der Waals surface area contributed by atoms with Gasteiger partial charge in [0.15, 0.2) is 5.16 Å². The maximum absolute atomic E-state index is 5.70. The molecule has 0 bridgehead atoms. The molecule has 1 aromatic heterocycles. The monoisotopic (exact) mass is 246 g/mol. The zero-order valence-corrected chi connectivity index (χ0v) is 10.3. The lowest BCUT2D eigenvalue weighted by molar-refractivity contribution is 0.592. The smallest absolute Gasteiger partial charge is 0.191 e. The summed E-state index contributed by atoms with van der Waals surface area (Å²) in [4.78, 5) is 0. The normalized spacial score (nSPS) is 10.6. The summed E-state index contributed by atoms with van der Waals surface area (Å²) in [5.41, 5.74) is 5.57. The van der Waals surface area contributed by atoms with Gasteiger partial charge < -0.3 is 10.3 Å². The molecule has 1 aromatic rings. The average molecular weight is 247 g/mol. The van der Waals surface area contributed by atoms with Crippen LogP contribution in [0, 0.1) is 0 Å². The molecular weight excluding hydrogens is 232 g/mol. The highest BCUT2D eigenvalue weighted by molar-refractivity contribution is 7.99. The predicted molar refractivity (Wildman–Crippen MR) is 63.9 cm³/mol. The van der Waals surface area contributed by atoms with Crippen LogP contribution in [0.5, 0.6) is 0 Å². The maximum Gasteiger partial charge on any atom is 0.191 e. The van der Waals surface area contributed by atoms with Gasteiger partial charge in [0.05, 0.1) is 6.54 Å². The van der Waals surface area contributed by atoms with E-state index in [9.17, 15) is 0 Å². The van der Waals surface area contributed by atoms with Gasteiger partial charge in [-0.1, -0.05) is 36.9 Å². The first-order chi connectivity index (χ1) is 7.19. The van der Waals surface area contributed by atoms with E-state index in [2.05, 4.69) is 23.7 Å². The Hall–Kier alpha value is -0.520. The largest absolute Gasteiger partial charge is 0.324 e. The van der Waals surface area contributed by atoms with E-state index in [0.29, 0.717) is 17.3 Å². The highest BCUT2D eigenvalue weighted by Gasteiger charge is 2.10. The number of halogens is 1. The van der Waals surface area contributed by atoms with E-state index < -0.39 is 0 Å². The summed E-state index contributed by atoms with van der Waals surface area (Å²) in [6.45, 7) is 7.04. The third kappa shape index (κ3) is 3.52. The Bertz CT molecular complexity index is 337. The minimum absolute atomic E-state index is 0.412. The van der Waals surface area contributed by atoms with Gasteiger partial charge >= 0.3 is 0 Å². The van der Waals surface area contributed by atoms with E-state index in [1.54, 1.807) is 0 Å². The Morgan fingerprint density at radius 3 is 2.87 bits per heavy atom. The van der Waals surface area contributed by atoms with Crippen LogP contribution < -0.4 is 5.73 Å². The molecule has 0 aliphatic carbocycles. The van der Waals surface area contributed by atoms with E-state index in [1.165, 1.54) is 11.8 Å². The van der Waals surface area contributed by atoms with Crippen molar-refractivity contribution < 1.29 is 0 Å². The molecule has 0 amide bonds. The van der Waals surface area contributed by atoms with Crippen LogP contribution in [0.4, 0.5) is 0 Å². The van der Waals surface area contributed by atoms with Crippen LogP contribution in [0.1, 0.15) is 19.2 Å². The summed E-state index contributed by atoms with van der Waals surface area (Å²) in [5, 5.41) is 9.57. The summed E-state index contributed by atoms with van der Waals surface area (Å²) in [6.07, 6.45) is 1.03. The van der Waals surface area contributed by atoms with Crippen LogP contribution in [-0.2, 0) is 13.1 Å². The highest BCUT2D eigenvalue weighted by atomic mass is 35.5. The third-order valence-corrected chi connectivity index (χ3v) is 3.13. The molecule has 0 aliphatic heterocycles. The minimum atomic E-state index is 0.412. The van der Waals surface area contributed by atoms with Gasteiger partial charge in [0.1, 0.15) is 5.82 Å². The number of rotatable bonds is 6. The molecule has 0 unspecified atom stereocenters. The predicted octanol–water partition coefficient (Wildman–Crippen LogP) is 1.99. The Morgan fingerprint density at radius 1 is 1.60 bits per heavy atom. The summed E-state index contributed by atoms with van der Waals surface area (Å²) in [5.74, 6) is 1.47. The molecule has 1 heterocycles. The second-order valence-electron chi connectivity index (χ2n) is 3.06. The van der Waals surface area contributed by atoms with Gasteiger partial charge in [0.2, 0.25) is 0 Å². The number of hydrogen-bond donors (Lipinski definition) is 1. The van der Waals surface area contributed by atoms with Gasteiger partial charge in [0, 0.05) is 17.3 Å². The van der Waals surface area contributed by atoms with Gasteiger partial charge in [-0.2, -0.15) is 0 Å². The zero-order chi connectivity index (χ0) is 11.3. The Morgan fingerprint density at radius 2 is 2.33 bits per heavy atom. The summed E-state index contributed by atoms with van der Waals surface area (Å²) >= 11 is 7.23. The number of hydrogen-bond acceptors (Lipinski definition) is 4. The quantitative estimate of drug-likeness (QED) is 0.780. The van der Waals surface area contributed by atoms with E-state index in [0.717, 1.165) is 23.9 Å². The van der Waals surface area contributed by atoms with Gasteiger partial charge in [-0.25, -0.2) is 0 Å². The molecule has 0 saturated carbocycles. The second-order valence-corrected chi connectivity index (χ2v) is 4.54. The Labute approximate surface area is 98.9 Å². The van der Waals surface area contributed by atoms with Crippen molar-refractivity contribution >= 4 is 23.4 Å². The van der Waals surface area contributed by atoms with E-state index in [4.69, 9.17) is 17.3 Å². The average Bonchev–Trinajstić information content (AvgIpc) is 2.58. The molecule has 2 N–H and O–H groups in total. The van der Waals surface area contributed by atoms with Crippen LogP contribution in [0.15, 0.2) is 16.8 Å². The molecule has 1 rings (SSSR count). The first-order valence-electron chi connectivity index (χ1n) is 4.77. The molecule has 0 radical (unpaired) electrons. The van der Waals surface area contributed by atoms with Crippen molar-refractivity contribution in [2.75, 3.05) is 5.75 Å². The summed E-state index contributed by atoms with van der Waals surface area (Å²) < 4.78 is 2.03. The molecule has 0 aliphatic rings. The standard InChI is InChI=1S/C9H15ClN4S/c1-3-4-14-8(5-11)12-13-9(14)15-6-7(2)10/h2-6,11H2,1H3. The lowest BCUT2D eigenvalue weighted by Crippen LogP contribution is -2.09. The molecule has 84 valence electrons. The molecule has 0 atom stereocenters. The van der Waals surface area contributed by atoms with Crippen molar-refractivity contribution in [2.45, 2.75) is 31.6 Å². The van der Waals surface area contributed by atoms with Crippen LogP contribution >= 0.6 is 23.4 Å². The van der Waals surface area contributed by atoms with E-state index >= 15 is 0 Å². The van der Waals surface area contributed by atoms with Crippen molar-refractivity contribution in [3.05, 3.63) is 17.4 Å². The minimum Gasteiger partial charge on any atom is -0.324 e. The fourth-order valence-electron chi connectivity index (χ4n) is 1.17. The molecular formula is C9H15ClN4S. The van der Waals surface area contributed by atoms with E-state index in [-0.39, 0.29) is 0 Å². The first kappa shape index (κ1) is 12.5. The Kier molecular flexibility index (Phi) is 5.14. The third-order valence-electron chi connectivity index (χ3n) is 1.78. The summed E-state index contributed by atoms with van der Waals surface area (Å²) in [6, 6.07) is 0. The molecule has 0 spiro atoms. The van der Waals surface area contributed by atoms with Crippen molar-refractivity contribution in [2.24, 2.45) is 5.73 Å². The Balaban J connectivity index is 2.77. The van der Waals surface area contributed by atoms with Crippen molar-refractivity contribution in [1.29, 1.82) is 0 Å². The SMILES string of the molecule is C=C(Cl)CSc1nnc(CN)n1CCC. The fourth-order valence-corrected chi connectivity index (χ4v) is 2.07. The maximum atomic E-state index is 5.70. The van der Waals surface area contributed by atoms with E-state index in [1.807, 2.05) is 4.57 Å². The van der Waals surface area contributed by atoms with Crippen molar-refractivity contribution in [3.63, 3.8) is 0 Å².